The van der Waals surface area contributed by atoms with E-state index < -0.39 is 59.0 Å². The predicted octanol–water partition coefficient (Wildman–Crippen LogP) is 7.74. The second-order valence-electron chi connectivity index (χ2n) is 15.8. The molecule has 2 aliphatic heterocycles. The molecule has 0 aliphatic carbocycles. The van der Waals surface area contributed by atoms with E-state index in [0.717, 1.165) is 51.4 Å². The van der Waals surface area contributed by atoms with Crippen molar-refractivity contribution in [2.75, 3.05) is 31.5 Å². The molecule has 4 N–H and O–H groups in total. The fraction of sp³-hybridized carbons (Fsp3) is 0.250. The van der Waals surface area contributed by atoms with Crippen molar-refractivity contribution in [2.45, 2.75) is 61.9 Å². The predicted molar refractivity (Wildman–Crippen MR) is 266 cm³/mol. The number of aliphatic hydroxyl groups is 2. The van der Waals surface area contributed by atoms with Crippen molar-refractivity contribution in [3.05, 3.63) is 200 Å². The number of anilines is 2. The van der Waals surface area contributed by atoms with E-state index >= 15 is 0 Å². The number of nitrogens with zero attached hydrogens (tertiary/aromatic N) is 2. The Morgan fingerprint density at radius 3 is 1.36 bits per heavy atom. The summed E-state index contributed by atoms with van der Waals surface area (Å²) in [5, 5.41) is 22.6. The summed E-state index contributed by atoms with van der Waals surface area (Å²) in [7, 11) is 2.28. The number of halogens is 6. The first-order chi connectivity index (χ1) is 32.9. The second kappa shape index (κ2) is 27.6. The molecule has 8 rings (SSSR count). The van der Waals surface area contributed by atoms with E-state index in [4.69, 9.17) is 9.84 Å². The number of amides is 2. The summed E-state index contributed by atoms with van der Waals surface area (Å²) in [5.41, 5.74) is 2.13. The van der Waals surface area contributed by atoms with E-state index in [9.17, 15) is 37.1 Å². The van der Waals surface area contributed by atoms with Crippen molar-refractivity contribution in [1.82, 2.24) is 9.80 Å². The Balaban J connectivity index is 0.000000349. The second-order valence-corrected chi connectivity index (χ2v) is 17.7. The maximum absolute atomic E-state index is 14.5. The molecule has 0 unspecified atom stereocenters. The Morgan fingerprint density at radius 2 is 0.971 bits per heavy atom. The summed E-state index contributed by atoms with van der Waals surface area (Å²) in [4.78, 5) is 43.7. The van der Waals surface area contributed by atoms with Crippen LogP contribution in [-0.4, -0.2) is 79.1 Å². The summed E-state index contributed by atoms with van der Waals surface area (Å²) < 4.78 is 64.5. The van der Waals surface area contributed by atoms with Crippen LogP contribution in [0.25, 0.3) is 0 Å². The summed E-state index contributed by atoms with van der Waals surface area (Å²) >= 11 is 6.75. The number of nitrogens with one attached hydrogen (secondary N) is 2. The third-order valence-corrected chi connectivity index (χ3v) is 12.9. The number of para-hydroxylation sites is 2. The minimum Gasteiger partial charge on any atom is -1.00 e. The van der Waals surface area contributed by atoms with Crippen LogP contribution in [0.2, 0.25) is 0 Å². The zero-order chi connectivity index (χ0) is 48.9. The molecule has 0 spiro atoms. The number of benzene rings is 6. The van der Waals surface area contributed by atoms with Gasteiger partial charge in [0.05, 0.1) is 31.8 Å². The molecule has 2 saturated heterocycles. The number of rotatable bonds is 12. The van der Waals surface area contributed by atoms with Crippen LogP contribution in [0.1, 0.15) is 73.5 Å². The van der Waals surface area contributed by atoms with Crippen molar-refractivity contribution in [3.8, 4) is 0 Å². The summed E-state index contributed by atoms with van der Waals surface area (Å²) in [5.74, 6) is -4.55. The van der Waals surface area contributed by atoms with Crippen LogP contribution < -0.4 is 40.2 Å². The van der Waals surface area contributed by atoms with Crippen LogP contribution in [0.3, 0.4) is 0 Å². The molecular formula is C52H51BBr2F4N4NaO6. The standard InChI is InChI=1S/C26H23BrF2N2O3.C25H23BrF2N2O2.CH4O.B.Na.H/c1-34-26(33)22-15-14-21(16-6-3-2-4-7-16)31(22)25(32)23(17-10-12-18(27)13-11-17)30-24-19(28)8-5-9-20(24)29;26-18-11-9-17(10-12-18)23(29-24-20(27)7-4-8-21(24)28)25(32)30-19(15-31)13-14-22(30)16-5-2-1-3-6-16;1-2;;;/h2-13,21-23,30H,14-15H2,1H3;1-12,19,22-23,29,31H,13-15H2;2H,1H3;;;/q;;;;+1;-1/t21-,22+,23-;19-,22+,23+;;;;/m10..../s1. The van der Waals surface area contributed by atoms with Gasteiger partial charge in [-0.1, -0.05) is 129 Å². The molecule has 2 aliphatic rings. The molecule has 0 bridgehead atoms. The zero-order valence-corrected chi connectivity index (χ0v) is 43.8. The molecule has 0 saturated carbocycles. The Kier molecular flexibility index (Phi) is 22.7. The van der Waals surface area contributed by atoms with Gasteiger partial charge in [-0.2, -0.15) is 0 Å². The van der Waals surface area contributed by atoms with Crippen molar-refractivity contribution >= 4 is 69.4 Å². The zero-order valence-electron chi connectivity index (χ0n) is 39.6. The normalized spacial score (nSPS) is 17.7. The number of carbonyl (C=O) groups is 3. The van der Waals surface area contributed by atoms with Crippen LogP contribution in [0, 0.1) is 23.3 Å². The number of likely N-dealkylation sites (tertiary alicyclic amines) is 2. The van der Waals surface area contributed by atoms with Gasteiger partial charge in [0, 0.05) is 24.5 Å². The first-order valence-corrected chi connectivity index (χ1v) is 23.3. The number of carbonyl (C=O) groups excluding carboxylic acids is 3. The maximum Gasteiger partial charge on any atom is 1.00 e. The Morgan fingerprint density at radius 1 is 0.600 bits per heavy atom. The third kappa shape index (κ3) is 13.7. The molecule has 6 atom stereocenters. The minimum absolute atomic E-state index is 0. The Labute approximate surface area is 447 Å². The van der Waals surface area contributed by atoms with Crippen molar-refractivity contribution in [1.29, 1.82) is 0 Å². The number of esters is 1. The SMILES string of the molecule is CO.COC(=O)[C@@H]1CC[C@H](c2ccccc2)N1C(=O)[C@H](Nc1c(F)cccc1F)c1ccc(Br)cc1.O=C([C@H](Nc1c(F)cccc1F)c1ccc(Br)cc1)N1[C@H](CO)CC[C@@H]1c1ccccc1.[B].[H-].[Na+]. The quantitative estimate of drug-likeness (QED) is 0.0557. The fourth-order valence-electron chi connectivity index (χ4n) is 8.63. The van der Waals surface area contributed by atoms with Gasteiger partial charge in [-0.25, -0.2) is 22.4 Å². The van der Waals surface area contributed by atoms with Gasteiger partial charge in [-0.3, -0.25) is 9.59 Å². The van der Waals surface area contributed by atoms with E-state index in [1.807, 2.05) is 60.7 Å². The van der Waals surface area contributed by atoms with Crippen LogP contribution in [0.15, 0.2) is 155 Å². The van der Waals surface area contributed by atoms with Gasteiger partial charge in [0.1, 0.15) is 52.8 Å². The van der Waals surface area contributed by atoms with Gasteiger partial charge in [0.25, 0.3) is 11.8 Å². The van der Waals surface area contributed by atoms with Gasteiger partial charge < -0.3 is 36.8 Å². The van der Waals surface area contributed by atoms with Crippen molar-refractivity contribution in [3.63, 3.8) is 0 Å². The maximum atomic E-state index is 14.5. The monoisotopic (exact) mass is 1100 g/mol. The van der Waals surface area contributed by atoms with Crippen molar-refractivity contribution < 1.29 is 77.9 Å². The van der Waals surface area contributed by atoms with E-state index in [0.29, 0.717) is 36.8 Å². The number of hydrogen-bond donors (Lipinski definition) is 4. The van der Waals surface area contributed by atoms with E-state index in [1.165, 1.54) is 24.1 Å². The average molecular weight is 1100 g/mol. The molecule has 361 valence electrons. The van der Waals surface area contributed by atoms with Crippen molar-refractivity contribution in [2.24, 2.45) is 0 Å². The molecule has 2 heterocycles. The van der Waals surface area contributed by atoms with Crippen LogP contribution in [-0.2, 0) is 19.1 Å². The van der Waals surface area contributed by atoms with Gasteiger partial charge in [0.2, 0.25) is 0 Å². The molecule has 2 fully saturated rings. The molecule has 2 amide bonds. The first kappa shape index (κ1) is 57.6. The third-order valence-electron chi connectivity index (χ3n) is 11.9. The van der Waals surface area contributed by atoms with E-state index in [1.54, 1.807) is 53.4 Å². The largest absolute Gasteiger partial charge is 1.00 e. The van der Waals surface area contributed by atoms with Crippen LogP contribution >= 0.6 is 31.9 Å². The molecule has 6 aromatic carbocycles. The van der Waals surface area contributed by atoms with Gasteiger partial charge in [-0.15, -0.1) is 0 Å². The van der Waals surface area contributed by atoms with E-state index in [-0.39, 0.29) is 75.7 Å². The molecule has 0 aromatic heterocycles. The summed E-state index contributed by atoms with van der Waals surface area (Å²) in [6.45, 7) is -0.184. The van der Waals surface area contributed by atoms with Crippen LogP contribution in [0.4, 0.5) is 28.9 Å². The number of aliphatic hydroxyl groups excluding tert-OH is 2. The van der Waals surface area contributed by atoms with Gasteiger partial charge in [0.15, 0.2) is 0 Å². The molecule has 70 heavy (non-hydrogen) atoms. The number of hydrogen-bond acceptors (Lipinski definition) is 8. The molecule has 18 heteroatoms. The smallest absolute Gasteiger partial charge is 1.00 e. The summed E-state index contributed by atoms with van der Waals surface area (Å²) in [6.07, 6.45) is 2.31. The van der Waals surface area contributed by atoms with Crippen LogP contribution in [0.5, 0.6) is 0 Å². The Bertz CT molecular complexity index is 2600. The Hall–Kier alpha value is -5.01. The average Bonchev–Trinajstić information content (AvgIpc) is 4.01. The number of methoxy groups -OCH3 is 1. The molecular weight excluding hydrogens is 1050 g/mol. The first-order valence-electron chi connectivity index (χ1n) is 21.7. The van der Waals surface area contributed by atoms with Gasteiger partial charge in [-0.05, 0) is 96.5 Å². The topological polar surface area (TPSA) is 131 Å². The summed E-state index contributed by atoms with van der Waals surface area (Å²) in [6, 6.07) is 36.0. The minimum atomic E-state index is -1.14. The van der Waals surface area contributed by atoms with E-state index in [2.05, 4.69) is 42.5 Å². The molecule has 3 radical (unpaired) electrons. The number of ether oxygens (including phenoxy) is 1. The fourth-order valence-corrected chi connectivity index (χ4v) is 9.16. The molecule has 10 nitrogen and oxygen atoms in total. The van der Waals surface area contributed by atoms with Gasteiger partial charge >= 0.3 is 35.5 Å². The molecule has 6 aromatic rings.